The number of hydrogen-bond donors (Lipinski definition) is 1. The third-order valence-electron chi connectivity index (χ3n) is 5.66. The van der Waals surface area contributed by atoms with Gasteiger partial charge in [-0.25, -0.2) is 8.78 Å². The highest BCUT2D eigenvalue weighted by atomic mass is 35.5. The number of benzene rings is 2. The molecular formula is C22H19ClF2O3. The highest BCUT2D eigenvalue weighted by Gasteiger charge is 2.50. The number of aryl methyl sites for hydroxylation is 1. The average Bonchev–Trinajstić information content (AvgIpc) is 3.06. The minimum absolute atomic E-state index is 0.0579. The van der Waals surface area contributed by atoms with E-state index >= 15 is 0 Å². The molecule has 3 nitrogen and oxygen atoms in total. The van der Waals surface area contributed by atoms with Crippen LogP contribution in [-0.2, 0) is 16.0 Å². The van der Waals surface area contributed by atoms with E-state index in [-0.39, 0.29) is 27.7 Å². The fraction of sp³-hybridized carbons (Fsp3) is 0.318. The van der Waals surface area contributed by atoms with Crippen molar-refractivity contribution in [2.24, 2.45) is 0 Å². The molecule has 2 bridgehead atoms. The number of aliphatic hydroxyl groups excluding tert-OH is 1. The largest absolute Gasteiger partial charge is 0.508 e. The van der Waals surface area contributed by atoms with E-state index in [2.05, 4.69) is 0 Å². The molecule has 2 atom stereocenters. The summed E-state index contributed by atoms with van der Waals surface area (Å²) < 4.78 is 33.9. The van der Waals surface area contributed by atoms with Gasteiger partial charge in [0.2, 0.25) is 0 Å². The number of ketones is 1. The van der Waals surface area contributed by atoms with Gasteiger partial charge in [0.15, 0.2) is 17.4 Å². The van der Waals surface area contributed by atoms with Crippen LogP contribution in [0.25, 0.3) is 16.7 Å². The highest BCUT2D eigenvalue weighted by Crippen LogP contribution is 2.45. The molecule has 0 saturated carbocycles. The van der Waals surface area contributed by atoms with E-state index in [9.17, 15) is 18.7 Å². The Bertz CT molecular complexity index is 1030. The van der Waals surface area contributed by atoms with Crippen molar-refractivity contribution in [1.29, 1.82) is 0 Å². The highest BCUT2D eigenvalue weighted by molar-refractivity contribution is 6.30. The van der Waals surface area contributed by atoms with Crippen LogP contribution in [0.5, 0.6) is 0 Å². The molecule has 1 N–H and O–H groups in total. The van der Waals surface area contributed by atoms with Crippen molar-refractivity contribution in [3.8, 4) is 11.1 Å². The van der Waals surface area contributed by atoms with Crippen LogP contribution in [0.1, 0.15) is 37.8 Å². The maximum atomic E-state index is 14.3. The number of rotatable bonds is 3. The fourth-order valence-corrected chi connectivity index (χ4v) is 4.19. The molecule has 0 amide bonds. The van der Waals surface area contributed by atoms with Crippen LogP contribution in [0.3, 0.4) is 0 Å². The van der Waals surface area contributed by atoms with Gasteiger partial charge in [0, 0.05) is 5.56 Å². The van der Waals surface area contributed by atoms with Crippen LogP contribution < -0.4 is 0 Å². The second kappa shape index (κ2) is 6.68. The molecule has 1 saturated heterocycles. The Kier molecular flexibility index (Phi) is 4.55. The Morgan fingerprint density at radius 3 is 2.64 bits per heavy atom. The summed E-state index contributed by atoms with van der Waals surface area (Å²) >= 11 is 5.64. The molecule has 1 fully saturated rings. The molecule has 2 aromatic rings. The van der Waals surface area contributed by atoms with Crippen LogP contribution in [0, 0.1) is 11.6 Å². The monoisotopic (exact) mass is 404 g/mol. The van der Waals surface area contributed by atoms with Gasteiger partial charge in [-0.1, -0.05) is 36.7 Å². The van der Waals surface area contributed by atoms with Gasteiger partial charge in [0.25, 0.3) is 0 Å². The molecule has 4 rings (SSSR count). The predicted octanol–water partition coefficient (Wildman–Crippen LogP) is 5.64. The van der Waals surface area contributed by atoms with E-state index < -0.39 is 23.3 Å². The molecule has 146 valence electrons. The molecule has 6 heteroatoms. The molecule has 28 heavy (non-hydrogen) atoms. The number of carbonyl (C=O) groups is 1. The second-order valence-corrected chi connectivity index (χ2v) is 7.82. The normalized spacial score (nSPS) is 24.2. The summed E-state index contributed by atoms with van der Waals surface area (Å²) in [5.41, 5.74) is 1.33. The summed E-state index contributed by atoms with van der Waals surface area (Å²) in [7, 11) is 0. The van der Waals surface area contributed by atoms with E-state index in [1.165, 1.54) is 12.1 Å². The van der Waals surface area contributed by atoms with E-state index in [0.717, 1.165) is 5.56 Å². The van der Waals surface area contributed by atoms with Crippen LogP contribution in [0.2, 0.25) is 5.02 Å². The molecule has 2 aliphatic heterocycles. The lowest BCUT2D eigenvalue weighted by molar-refractivity contribution is -0.130. The lowest BCUT2D eigenvalue weighted by Crippen LogP contribution is -2.37. The summed E-state index contributed by atoms with van der Waals surface area (Å²) in [5, 5.41) is 10.5. The van der Waals surface area contributed by atoms with Crippen LogP contribution in [0.15, 0.2) is 36.1 Å². The summed E-state index contributed by atoms with van der Waals surface area (Å²) in [6, 6.07) is 7.75. The molecule has 2 aromatic carbocycles. The maximum Gasteiger partial charge on any atom is 0.195 e. The molecule has 0 spiro atoms. The SMILES string of the molecule is CCc1cc(-c2ccc(Cl)c(F)c2F)ccc1C1=C(O)[C@@]2(C)CC[C@H](O2)C1=O. The van der Waals surface area contributed by atoms with Crippen LogP contribution >= 0.6 is 11.6 Å². The van der Waals surface area contributed by atoms with Gasteiger partial charge < -0.3 is 9.84 Å². The summed E-state index contributed by atoms with van der Waals surface area (Å²) in [6.07, 6.45) is 1.14. The van der Waals surface area contributed by atoms with E-state index in [1.807, 2.05) is 6.92 Å². The quantitative estimate of drug-likeness (QED) is 0.673. The molecule has 2 heterocycles. The van der Waals surface area contributed by atoms with Gasteiger partial charge in [-0.05, 0) is 55.0 Å². The number of ether oxygens (including phenoxy) is 1. The van der Waals surface area contributed by atoms with Gasteiger partial charge in [-0.15, -0.1) is 0 Å². The van der Waals surface area contributed by atoms with Crippen molar-refractivity contribution in [1.82, 2.24) is 0 Å². The maximum absolute atomic E-state index is 14.3. The Balaban J connectivity index is 1.85. The molecule has 0 unspecified atom stereocenters. The smallest absolute Gasteiger partial charge is 0.195 e. The topological polar surface area (TPSA) is 46.5 Å². The van der Waals surface area contributed by atoms with Crippen LogP contribution in [0.4, 0.5) is 8.78 Å². The Labute approximate surface area is 166 Å². The van der Waals surface area contributed by atoms with Gasteiger partial charge >= 0.3 is 0 Å². The summed E-state index contributed by atoms with van der Waals surface area (Å²) in [4.78, 5) is 12.8. The lowest BCUT2D eigenvalue weighted by atomic mass is 9.87. The van der Waals surface area contributed by atoms with Crippen molar-refractivity contribution in [3.05, 3.63) is 63.9 Å². The van der Waals surface area contributed by atoms with E-state index in [0.29, 0.717) is 30.4 Å². The number of hydrogen-bond acceptors (Lipinski definition) is 3. The molecule has 2 aliphatic rings. The Morgan fingerprint density at radius 2 is 1.93 bits per heavy atom. The van der Waals surface area contributed by atoms with Gasteiger partial charge in [-0.2, -0.15) is 0 Å². The van der Waals surface area contributed by atoms with Crippen molar-refractivity contribution in [2.45, 2.75) is 44.8 Å². The summed E-state index contributed by atoms with van der Waals surface area (Å²) in [5.74, 6) is -2.40. The van der Waals surface area contributed by atoms with Gasteiger partial charge in [0.05, 0.1) is 10.6 Å². The minimum atomic E-state index is -1.09. The first-order valence-electron chi connectivity index (χ1n) is 9.19. The summed E-state index contributed by atoms with van der Waals surface area (Å²) in [6.45, 7) is 3.68. The van der Waals surface area contributed by atoms with Crippen molar-refractivity contribution in [3.63, 3.8) is 0 Å². The molecule has 0 aliphatic carbocycles. The van der Waals surface area contributed by atoms with Crippen molar-refractivity contribution < 1.29 is 23.4 Å². The minimum Gasteiger partial charge on any atom is -0.508 e. The lowest BCUT2D eigenvalue weighted by Gasteiger charge is -2.31. The first-order chi connectivity index (χ1) is 13.3. The third-order valence-corrected chi connectivity index (χ3v) is 5.96. The Hall–Kier alpha value is -2.24. The van der Waals surface area contributed by atoms with E-state index in [1.54, 1.807) is 25.1 Å². The van der Waals surface area contributed by atoms with Gasteiger partial charge in [0.1, 0.15) is 17.5 Å². The number of Topliss-reactive ketones (excluding diaryl/α,β-unsaturated/α-hetero) is 1. The number of aliphatic hydroxyl groups is 1. The number of fused-ring (bicyclic) bond motifs is 2. The first-order valence-corrected chi connectivity index (χ1v) is 9.57. The van der Waals surface area contributed by atoms with Gasteiger partial charge in [-0.3, -0.25) is 4.79 Å². The Morgan fingerprint density at radius 1 is 1.21 bits per heavy atom. The van der Waals surface area contributed by atoms with Crippen LogP contribution in [-0.4, -0.2) is 22.6 Å². The van der Waals surface area contributed by atoms with Crippen molar-refractivity contribution >= 4 is 23.0 Å². The zero-order valence-electron chi connectivity index (χ0n) is 15.5. The zero-order chi connectivity index (χ0) is 20.2. The molecule has 0 aromatic heterocycles. The standard InChI is InChI=1S/C22H19ClF2O3/c1-3-11-10-12(14-6-7-15(23)19(25)18(14)24)4-5-13(11)17-20(26)16-8-9-22(2,28-16)21(17)27/h4-7,10,16,27H,3,8-9H2,1-2H3/t16-,22+/m0/s1. The first kappa shape index (κ1) is 19.1. The zero-order valence-corrected chi connectivity index (χ0v) is 16.2. The molecular weight excluding hydrogens is 386 g/mol. The van der Waals surface area contributed by atoms with E-state index in [4.69, 9.17) is 16.3 Å². The number of carbonyl (C=O) groups excluding carboxylic acids is 1. The van der Waals surface area contributed by atoms with Crippen molar-refractivity contribution in [2.75, 3.05) is 0 Å². The second-order valence-electron chi connectivity index (χ2n) is 7.41. The molecule has 0 radical (unpaired) electrons. The predicted molar refractivity (Wildman–Crippen MR) is 103 cm³/mol. The average molecular weight is 405 g/mol. The number of halogens is 3. The third kappa shape index (κ3) is 2.76. The fourth-order valence-electron chi connectivity index (χ4n) is 4.05.